The van der Waals surface area contributed by atoms with E-state index in [-0.39, 0.29) is 0 Å². The van der Waals surface area contributed by atoms with E-state index < -0.39 is 92.5 Å². The summed E-state index contributed by atoms with van der Waals surface area (Å²) in [5.41, 5.74) is -1.85. The molecule has 3 atom stereocenters. The minimum absolute atomic E-state index is 0.343. The molecule has 0 aliphatic carbocycles. The van der Waals surface area contributed by atoms with E-state index in [9.17, 15) is 57.1 Å². The molecule has 3 aromatic rings. The third-order valence-corrected chi connectivity index (χ3v) is 10.8. The van der Waals surface area contributed by atoms with Crippen LogP contribution >= 0.6 is 0 Å². The molecule has 0 spiro atoms. The molecule has 1 aliphatic rings. The molecule has 0 bridgehead atoms. The van der Waals surface area contributed by atoms with Gasteiger partial charge in [-0.3, -0.25) is 0 Å². The fourth-order valence-electron chi connectivity index (χ4n) is 6.39. The van der Waals surface area contributed by atoms with Crippen LogP contribution in [0.25, 0.3) is 22.5 Å². The number of ether oxygens (including phenoxy) is 1. The number of fused-ring (bicyclic) bond motifs is 1. The lowest BCUT2D eigenvalue weighted by molar-refractivity contribution is -0.441. The number of unbranched alkanes of at least 4 members (excludes halogenated alkanes) is 1. The minimum Gasteiger partial charge on any atom is -0.549 e. The fraction of sp³-hybridized carbons (Fsp3) is 0.556. The predicted molar refractivity (Wildman–Crippen MR) is 178 cm³/mol. The number of benzene rings is 2. The number of hydrogen-bond donors (Lipinski definition) is 0. The van der Waals surface area contributed by atoms with Crippen LogP contribution in [0, 0.1) is 17.7 Å². The average molecular weight is 861 g/mol. The van der Waals surface area contributed by atoms with Crippen LogP contribution < -0.4 is 9.16 Å². The van der Waals surface area contributed by atoms with E-state index in [0.717, 1.165) is 25.3 Å². The molecule has 0 radical (unpaired) electrons. The van der Waals surface area contributed by atoms with Crippen LogP contribution in [-0.2, 0) is 5.92 Å². The van der Waals surface area contributed by atoms with Crippen molar-refractivity contribution in [2.24, 2.45) is 11.8 Å². The zero-order chi connectivity index (χ0) is 43.0. The zero-order valence-electron chi connectivity index (χ0n) is 30.3. The Balaban J connectivity index is 1.51. The van der Waals surface area contributed by atoms with E-state index in [4.69, 9.17) is 4.43 Å². The third-order valence-electron chi connectivity index (χ3n) is 9.60. The van der Waals surface area contributed by atoms with Gasteiger partial charge in [-0.25, -0.2) is 14.4 Å². The summed E-state index contributed by atoms with van der Waals surface area (Å²) in [7, 11) is -1.03. The van der Waals surface area contributed by atoms with Gasteiger partial charge in [0.15, 0.2) is 11.9 Å². The Morgan fingerprint density at radius 1 is 0.772 bits per heavy atom. The molecule has 1 aliphatic heterocycles. The van der Waals surface area contributed by atoms with Gasteiger partial charge in [0.1, 0.15) is 22.9 Å². The monoisotopic (exact) mass is 860 g/mol. The molecule has 57 heavy (non-hydrogen) atoms. The van der Waals surface area contributed by atoms with Crippen LogP contribution in [0.4, 0.5) is 70.2 Å². The SMILES string of the molecule is CCCCC(C)CC(C)CC[SiH2]Oc1ccccc1-c1cnc(-c2ccc3c(c2F)C(F)(F)C(CC(F)(F)C(F)(F)C(F)(F)C(F)(F)C(F)(F)C(F)(F)F)O3)nc1. The summed E-state index contributed by atoms with van der Waals surface area (Å²) < 4.78 is 233. The van der Waals surface area contributed by atoms with Crippen molar-refractivity contribution in [2.75, 3.05) is 0 Å². The van der Waals surface area contributed by atoms with E-state index in [0.29, 0.717) is 40.8 Å². The summed E-state index contributed by atoms with van der Waals surface area (Å²) >= 11 is 0. The van der Waals surface area contributed by atoms with Crippen molar-refractivity contribution < 1.29 is 79.4 Å². The van der Waals surface area contributed by atoms with Crippen molar-refractivity contribution >= 4 is 9.76 Å². The zero-order valence-corrected chi connectivity index (χ0v) is 31.7. The van der Waals surface area contributed by atoms with Crippen LogP contribution in [0.5, 0.6) is 11.5 Å². The Morgan fingerprint density at radius 2 is 1.35 bits per heavy atom. The van der Waals surface area contributed by atoms with Gasteiger partial charge >= 0.3 is 41.7 Å². The first-order valence-electron chi connectivity index (χ1n) is 17.5. The van der Waals surface area contributed by atoms with Crippen LogP contribution in [0.15, 0.2) is 48.8 Å². The van der Waals surface area contributed by atoms with Gasteiger partial charge in [-0.1, -0.05) is 64.7 Å². The van der Waals surface area contributed by atoms with Gasteiger partial charge in [0.25, 0.3) is 0 Å². The molecule has 0 amide bonds. The molecule has 21 heteroatoms. The lowest BCUT2D eigenvalue weighted by atomic mass is 9.89. The van der Waals surface area contributed by atoms with E-state index in [1.807, 2.05) is 0 Å². The van der Waals surface area contributed by atoms with E-state index in [1.165, 1.54) is 25.2 Å². The highest BCUT2D eigenvalue weighted by atomic mass is 28.2. The summed E-state index contributed by atoms with van der Waals surface area (Å²) in [6.45, 7) is 6.57. The van der Waals surface area contributed by atoms with Gasteiger partial charge in [0.05, 0.1) is 12.0 Å². The van der Waals surface area contributed by atoms with Gasteiger partial charge in [-0.15, -0.1) is 0 Å². The first kappa shape index (κ1) is 45.9. The van der Waals surface area contributed by atoms with Gasteiger partial charge in [0.2, 0.25) is 9.76 Å². The van der Waals surface area contributed by atoms with Crippen molar-refractivity contribution in [2.45, 2.75) is 113 Å². The number of halogens is 16. The van der Waals surface area contributed by atoms with Crippen molar-refractivity contribution in [3.8, 4) is 34.0 Å². The Morgan fingerprint density at radius 3 is 1.95 bits per heavy atom. The molecular formula is C36H36F16N2O2Si. The van der Waals surface area contributed by atoms with E-state index in [1.54, 1.807) is 24.3 Å². The Labute approximate surface area is 318 Å². The number of rotatable bonds is 18. The number of hydrogen-bond acceptors (Lipinski definition) is 4. The topological polar surface area (TPSA) is 44.2 Å². The van der Waals surface area contributed by atoms with Gasteiger partial charge in [-0.05, 0) is 42.5 Å². The molecule has 0 fully saturated rings. The molecule has 318 valence electrons. The Bertz CT molecular complexity index is 1840. The smallest absolute Gasteiger partial charge is 0.460 e. The second-order valence-corrected chi connectivity index (χ2v) is 15.5. The lowest BCUT2D eigenvalue weighted by Crippen LogP contribution is -2.70. The Kier molecular flexibility index (Phi) is 13.3. The predicted octanol–water partition coefficient (Wildman–Crippen LogP) is 12.1. The molecule has 1 aromatic heterocycles. The molecule has 2 heterocycles. The van der Waals surface area contributed by atoms with Gasteiger partial charge < -0.3 is 9.16 Å². The van der Waals surface area contributed by atoms with Crippen molar-refractivity contribution in [1.29, 1.82) is 0 Å². The molecule has 4 nitrogen and oxygen atoms in total. The number of alkyl halides is 15. The van der Waals surface area contributed by atoms with E-state index in [2.05, 4.69) is 35.5 Å². The second-order valence-electron chi connectivity index (χ2n) is 14.1. The molecule has 0 saturated carbocycles. The maximum atomic E-state index is 15.6. The summed E-state index contributed by atoms with van der Waals surface area (Å²) in [5, 5.41) is 0. The van der Waals surface area contributed by atoms with Crippen molar-refractivity contribution in [1.82, 2.24) is 9.97 Å². The number of para-hydroxylation sites is 1. The quantitative estimate of drug-likeness (QED) is 0.0726. The molecule has 2 aromatic carbocycles. The van der Waals surface area contributed by atoms with Crippen LogP contribution in [0.3, 0.4) is 0 Å². The van der Waals surface area contributed by atoms with Gasteiger partial charge in [0, 0.05) is 23.5 Å². The lowest BCUT2D eigenvalue weighted by Gasteiger charge is -2.40. The maximum absolute atomic E-state index is 15.6. The summed E-state index contributed by atoms with van der Waals surface area (Å²) in [5.74, 6) is -46.5. The average Bonchev–Trinajstić information content (AvgIpc) is 3.37. The highest BCUT2D eigenvalue weighted by Gasteiger charge is 2.91. The normalized spacial score (nSPS) is 17.8. The van der Waals surface area contributed by atoms with Crippen LogP contribution in [0.2, 0.25) is 6.04 Å². The van der Waals surface area contributed by atoms with Crippen molar-refractivity contribution in [3.05, 3.63) is 60.2 Å². The summed E-state index contributed by atoms with van der Waals surface area (Å²) in [6, 6.07) is 8.89. The molecule has 3 unspecified atom stereocenters. The summed E-state index contributed by atoms with van der Waals surface area (Å²) in [6.07, 6.45) is -6.84. The number of nitrogens with zero attached hydrogens (tertiary/aromatic N) is 2. The minimum atomic E-state index is -8.22. The molecular weight excluding hydrogens is 824 g/mol. The number of aromatic nitrogens is 2. The second kappa shape index (κ2) is 16.5. The Hall–Kier alpha value is -3.78. The third kappa shape index (κ3) is 8.67. The highest BCUT2D eigenvalue weighted by molar-refractivity contribution is 6.28. The van der Waals surface area contributed by atoms with Crippen molar-refractivity contribution in [3.63, 3.8) is 0 Å². The first-order valence-corrected chi connectivity index (χ1v) is 19.1. The first-order chi connectivity index (χ1) is 26.2. The largest absolute Gasteiger partial charge is 0.549 e. The fourth-order valence-corrected chi connectivity index (χ4v) is 7.87. The van der Waals surface area contributed by atoms with Gasteiger partial charge in [-0.2, -0.15) is 65.9 Å². The maximum Gasteiger partial charge on any atom is 0.460 e. The standard InChI is InChI=1S/C36H36F16N2O2Si/c1-4-5-8-19(2)15-20(3)13-14-57-56-24-10-7-6-9-22(24)21-17-53-29(54-18-21)23-11-12-25-27(28(23)37)31(40,41)26(55-25)16-30(38,39)32(42,43)33(44,45)34(46,47)35(48,49)36(50,51)52/h6-7,9-12,17-20,26H,4-5,8,13-16,57H2,1-3H3. The highest BCUT2D eigenvalue weighted by Crippen LogP contribution is 2.62. The molecule has 4 rings (SSSR count). The van der Waals surface area contributed by atoms with E-state index >= 15 is 13.2 Å². The molecule has 0 N–H and O–H groups in total. The summed E-state index contributed by atoms with van der Waals surface area (Å²) in [4.78, 5) is 7.94. The van der Waals surface area contributed by atoms with Crippen LogP contribution in [0.1, 0.15) is 64.9 Å². The van der Waals surface area contributed by atoms with Crippen LogP contribution in [-0.4, -0.2) is 61.6 Å². The molecule has 0 saturated heterocycles.